The first-order valence-corrected chi connectivity index (χ1v) is 10.1. The number of furan rings is 1. The fraction of sp³-hybridized carbons (Fsp3) is 0.208. The van der Waals surface area contributed by atoms with E-state index < -0.39 is 0 Å². The van der Waals surface area contributed by atoms with Crippen molar-refractivity contribution in [3.63, 3.8) is 0 Å². The molecule has 0 atom stereocenters. The molecule has 1 aliphatic heterocycles. The van der Waals surface area contributed by atoms with Gasteiger partial charge in [0.15, 0.2) is 5.78 Å². The normalized spacial score (nSPS) is 15.2. The summed E-state index contributed by atoms with van der Waals surface area (Å²) in [4.78, 5) is 14.7. The lowest BCUT2D eigenvalue weighted by Crippen LogP contribution is -2.35. The Balaban J connectivity index is 1.42. The first-order chi connectivity index (χ1) is 14.1. The van der Waals surface area contributed by atoms with E-state index >= 15 is 0 Å². The lowest BCUT2D eigenvalue weighted by molar-refractivity contribution is 0.104. The quantitative estimate of drug-likeness (QED) is 0.451. The second-order valence-corrected chi connectivity index (χ2v) is 7.55. The van der Waals surface area contributed by atoms with Gasteiger partial charge in [0.05, 0.1) is 11.1 Å². The van der Waals surface area contributed by atoms with Crippen LogP contribution in [0, 0.1) is 0 Å². The number of allylic oxidation sites excluding steroid dienone is 1. The van der Waals surface area contributed by atoms with E-state index in [1.807, 2.05) is 60.7 Å². The van der Waals surface area contributed by atoms with Gasteiger partial charge in [-0.2, -0.15) is 0 Å². The number of nitrogens with zero attached hydrogens (tertiary/aromatic N) is 1. The van der Waals surface area contributed by atoms with Crippen molar-refractivity contribution in [3.8, 4) is 11.3 Å². The standard InChI is InChI=1S/C24H22ClNO3/c25-22-4-2-1-3-21(22)24-12-10-20(29-24)9-11-23(28)17-5-7-18(8-6-17)26-15-13-19(27)14-16-26/h1-12,19,27H,13-16H2. The lowest BCUT2D eigenvalue weighted by atomic mass is 10.1. The molecule has 1 aliphatic rings. The summed E-state index contributed by atoms with van der Waals surface area (Å²) in [6.45, 7) is 1.67. The molecule has 2 heterocycles. The number of anilines is 1. The number of hydrogen-bond donors (Lipinski definition) is 1. The number of piperidine rings is 1. The van der Waals surface area contributed by atoms with Crippen LogP contribution in [0.25, 0.3) is 17.4 Å². The molecule has 1 saturated heterocycles. The number of hydrogen-bond acceptors (Lipinski definition) is 4. The first kappa shape index (κ1) is 19.5. The molecule has 0 aliphatic carbocycles. The summed E-state index contributed by atoms with van der Waals surface area (Å²) in [5.74, 6) is 1.18. The monoisotopic (exact) mass is 407 g/mol. The highest BCUT2D eigenvalue weighted by Crippen LogP contribution is 2.29. The van der Waals surface area contributed by atoms with Crippen molar-refractivity contribution in [2.45, 2.75) is 18.9 Å². The zero-order chi connectivity index (χ0) is 20.2. The third-order valence-electron chi connectivity index (χ3n) is 5.15. The summed E-state index contributed by atoms with van der Waals surface area (Å²) in [5, 5.41) is 10.3. The number of ketones is 1. The van der Waals surface area contributed by atoms with Crippen LogP contribution in [0.2, 0.25) is 5.02 Å². The fourth-order valence-electron chi connectivity index (χ4n) is 3.46. The van der Waals surface area contributed by atoms with Crippen LogP contribution in [0.1, 0.15) is 29.0 Å². The molecular formula is C24H22ClNO3. The summed E-state index contributed by atoms with van der Waals surface area (Å²) < 4.78 is 5.79. The van der Waals surface area contributed by atoms with Crippen LogP contribution in [0.4, 0.5) is 5.69 Å². The van der Waals surface area contributed by atoms with E-state index in [0.29, 0.717) is 22.1 Å². The third kappa shape index (κ3) is 4.61. The summed E-state index contributed by atoms with van der Waals surface area (Å²) in [7, 11) is 0. The second kappa shape index (κ2) is 8.68. The van der Waals surface area contributed by atoms with Gasteiger partial charge in [-0.05, 0) is 73.5 Å². The summed E-state index contributed by atoms with van der Waals surface area (Å²) in [6, 6.07) is 18.7. The van der Waals surface area contributed by atoms with Gasteiger partial charge < -0.3 is 14.4 Å². The van der Waals surface area contributed by atoms with Crippen LogP contribution < -0.4 is 4.90 Å². The average molecular weight is 408 g/mol. The van der Waals surface area contributed by atoms with Crippen LogP contribution in [0.5, 0.6) is 0 Å². The number of aliphatic hydroxyl groups is 1. The van der Waals surface area contributed by atoms with Gasteiger partial charge in [0.25, 0.3) is 0 Å². The molecule has 3 aromatic rings. The average Bonchev–Trinajstić information content (AvgIpc) is 3.22. The third-order valence-corrected chi connectivity index (χ3v) is 5.48. The van der Waals surface area contributed by atoms with E-state index in [1.165, 1.54) is 6.08 Å². The molecule has 0 unspecified atom stereocenters. The van der Waals surface area contributed by atoms with Crippen LogP contribution in [0.15, 0.2) is 71.2 Å². The summed E-state index contributed by atoms with van der Waals surface area (Å²) in [6.07, 6.45) is 4.55. The molecule has 148 valence electrons. The number of rotatable bonds is 5. The van der Waals surface area contributed by atoms with Crippen LogP contribution in [-0.4, -0.2) is 30.1 Å². The van der Waals surface area contributed by atoms with Gasteiger partial charge in [0, 0.05) is 29.9 Å². The smallest absolute Gasteiger partial charge is 0.185 e. The molecule has 0 radical (unpaired) electrons. The molecule has 1 N–H and O–H groups in total. The lowest BCUT2D eigenvalue weighted by Gasteiger charge is -2.31. The highest BCUT2D eigenvalue weighted by atomic mass is 35.5. The highest BCUT2D eigenvalue weighted by Gasteiger charge is 2.17. The minimum absolute atomic E-state index is 0.0821. The molecule has 0 bridgehead atoms. The van der Waals surface area contributed by atoms with E-state index in [1.54, 1.807) is 6.08 Å². The van der Waals surface area contributed by atoms with E-state index in [9.17, 15) is 9.90 Å². The van der Waals surface area contributed by atoms with E-state index in [4.69, 9.17) is 16.0 Å². The van der Waals surface area contributed by atoms with Gasteiger partial charge in [0.2, 0.25) is 0 Å². The highest BCUT2D eigenvalue weighted by molar-refractivity contribution is 6.33. The van der Waals surface area contributed by atoms with E-state index in [-0.39, 0.29) is 11.9 Å². The molecule has 4 nitrogen and oxygen atoms in total. The van der Waals surface area contributed by atoms with Crippen molar-refractivity contribution in [2.75, 3.05) is 18.0 Å². The Morgan fingerprint density at radius 3 is 2.48 bits per heavy atom. The predicted molar refractivity (Wildman–Crippen MR) is 116 cm³/mol. The minimum Gasteiger partial charge on any atom is -0.457 e. The Kier molecular flexibility index (Phi) is 5.84. The Hall–Kier alpha value is -2.82. The zero-order valence-electron chi connectivity index (χ0n) is 15.9. The molecule has 0 spiro atoms. The van der Waals surface area contributed by atoms with Gasteiger partial charge in [0.1, 0.15) is 11.5 Å². The number of carbonyl (C=O) groups is 1. The summed E-state index contributed by atoms with van der Waals surface area (Å²) >= 11 is 6.20. The fourth-order valence-corrected chi connectivity index (χ4v) is 3.69. The van der Waals surface area contributed by atoms with Gasteiger partial charge >= 0.3 is 0 Å². The molecule has 0 amide bonds. The van der Waals surface area contributed by atoms with E-state index in [0.717, 1.165) is 37.2 Å². The Morgan fingerprint density at radius 1 is 1.03 bits per heavy atom. The molecule has 1 aromatic heterocycles. The maximum atomic E-state index is 12.5. The molecule has 1 fully saturated rings. The van der Waals surface area contributed by atoms with Crippen molar-refractivity contribution < 1.29 is 14.3 Å². The number of halogens is 1. The van der Waals surface area contributed by atoms with Crippen molar-refractivity contribution in [1.82, 2.24) is 0 Å². The van der Waals surface area contributed by atoms with Crippen molar-refractivity contribution in [2.24, 2.45) is 0 Å². The Morgan fingerprint density at radius 2 is 1.76 bits per heavy atom. The van der Waals surface area contributed by atoms with Crippen LogP contribution in [0.3, 0.4) is 0 Å². The Labute approximate surface area is 175 Å². The minimum atomic E-state index is -0.197. The van der Waals surface area contributed by atoms with Gasteiger partial charge in [-0.15, -0.1) is 0 Å². The zero-order valence-corrected chi connectivity index (χ0v) is 16.7. The SMILES string of the molecule is O=C(C=Cc1ccc(-c2ccccc2Cl)o1)c1ccc(N2CCC(O)CC2)cc1. The largest absolute Gasteiger partial charge is 0.457 e. The number of benzene rings is 2. The number of carbonyl (C=O) groups excluding carboxylic acids is 1. The Bertz CT molecular complexity index is 1010. The second-order valence-electron chi connectivity index (χ2n) is 7.14. The molecular weight excluding hydrogens is 386 g/mol. The van der Waals surface area contributed by atoms with Gasteiger partial charge in [-0.1, -0.05) is 23.7 Å². The van der Waals surface area contributed by atoms with Crippen LogP contribution in [-0.2, 0) is 0 Å². The van der Waals surface area contributed by atoms with Gasteiger partial charge in [-0.3, -0.25) is 4.79 Å². The van der Waals surface area contributed by atoms with Crippen molar-refractivity contribution >= 4 is 29.1 Å². The summed E-state index contributed by atoms with van der Waals surface area (Å²) in [5.41, 5.74) is 2.52. The van der Waals surface area contributed by atoms with E-state index in [2.05, 4.69) is 4.90 Å². The maximum absolute atomic E-state index is 12.5. The molecule has 2 aromatic carbocycles. The predicted octanol–water partition coefficient (Wildman–Crippen LogP) is 5.46. The topological polar surface area (TPSA) is 53.7 Å². The molecule has 5 heteroatoms. The van der Waals surface area contributed by atoms with Gasteiger partial charge in [-0.25, -0.2) is 0 Å². The molecule has 4 rings (SSSR count). The van der Waals surface area contributed by atoms with Crippen LogP contribution >= 0.6 is 11.6 Å². The molecule has 0 saturated carbocycles. The van der Waals surface area contributed by atoms with Crippen molar-refractivity contribution in [1.29, 1.82) is 0 Å². The molecule has 29 heavy (non-hydrogen) atoms. The number of aliphatic hydroxyl groups excluding tert-OH is 1. The first-order valence-electron chi connectivity index (χ1n) is 9.70. The maximum Gasteiger partial charge on any atom is 0.185 e. The van der Waals surface area contributed by atoms with Crippen molar-refractivity contribution in [3.05, 3.63) is 83.1 Å².